The Balaban J connectivity index is 1.78. The molecule has 1 fully saturated rings. The van der Waals surface area contributed by atoms with Crippen molar-refractivity contribution < 1.29 is 23.4 Å². The molecule has 3 rings (SSSR count). The highest BCUT2D eigenvalue weighted by molar-refractivity contribution is 5.90. The molecule has 2 amide bonds. The predicted octanol–water partition coefficient (Wildman–Crippen LogP) is 3.22. The maximum Gasteiger partial charge on any atom is 0.322 e. The summed E-state index contributed by atoms with van der Waals surface area (Å²) in [5, 5.41) is 12.4. The predicted molar refractivity (Wildman–Crippen MR) is 102 cm³/mol. The van der Waals surface area contributed by atoms with Crippen LogP contribution in [0.3, 0.4) is 0 Å². The Labute approximate surface area is 162 Å². The number of aliphatic hydroxyl groups excluding tert-OH is 1. The number of amides is 2. The van der Waals surface area contributed by atoms with Gasteiger partial charge in [0.25, 0.3) is 0 Å². The minimum absolute atomic E-state index is 0.0663. The van der Waals surface area contributed by atoms with E-state index in [0.29, 0.717) is 32.7 Å². The Bertz CT molecular complexity index is 796. The SMILES string of the molecule is O=C(Nc1ccc(F)c(F)c1CC(CO)Cc1ccccc1)N1CCOCC1. The summed E-state index contributed by atoms with van der Waals surface area (Å²) in [6, 6.07) is 11.5. The molecule has 2 aromatic rings. The number of nitrogens with one attached hydrogen (secondary N) is 1. The second-order valence-corrected chi connectivity index (χ2v) is 6.86. The summed E-state index contributed by atoms with van der Waals surface area (Å²) in [6.07, 6.45) is 0.623. The zero-order valence-corrected chi connectivity index (χ0v) is 15.5. The molecule has 150 valence electrons. The molecule has 5 nitrogen and oxygen atoms in total. The molecule has 28 heavy (non-hydrogen) atoms. The van der Waals surface area contributed by atoms with Gasteiger partial charge in [-0.25, -0.2) is 13.6 Å². The van der Waals surface area contributed by atoms with Gasteiger partial charge < -0.3 is 20.1 Å². The second kappa shape index (κ2) is 9.61. The minimum atomic E-state index is -0.994. The number of rotatable bonds is 6. The lowest BCUT2D eigenvalue weighted by atomic mass is 9.92. The number of benzene rings is 2. The molecular weight excluding hydrogens is 366 g/mol. The number of anilines is 1. The summed E-state index contributed by atoms with van der Waals surface area (Å²) in [5.41, 5.74) is 1.29. The smallest absolute Gasteiger partial charge is 0.322 e. The van der Waals surface area contributed by atoms with Crippen LogP contribution in [0.5, 0.6) is 0 Å². The Morgan fingerprint density at radius 2 is 1.82 bits per heavy atom. The molecule has 1 aliphatic heterocycles. The monoisotopic (exact) mass is 390 g/mol. The van der Waals surface area contributed by atoms with Crippen LogP contribution >= 0.6 is 0 Å². The Morgan fingerprint density at radius 3 is 2.50 bits per heavy atom. The van der Waals surface area contributed by atoms with E-state index >= 15 is 0 Å². The largest absolute Gasteiger partial charge is 0.396 e. The number of aliphatic hydroxyl groups is 1. The Kier molecular flexibility index (Phi) is 6.95. The number of halogens is 2. The van der Waals surface area contributed by atoms with Crippen molar-refractivity contribution in [2.45, 2.75) is 12.8 Å². The molecule has 0 bridgehead atoms. The van der Waals surface area contributed by atoms with Crippen molar-refractivity contribution in [3.8, 4) is 0 Å². The normalized spacial score (nSPS) is 15.3. The highest BCUT2D eigenvalue weighted by Gasteiger charge is 2.22. The van der Waals surface area contributed by atoms with Gasteiger partial charge in [0.1, 0.15) is 0 Å². The van der Waals surface area contributed by atoms with Crippen LogP contribution in [0.15, 0.2) is 42.5 Å². The van der Waals surface area contributed by atoms with Crippen molar-refractivity contribution in [1.29, 1.82) is 0 Å². The van der Waals surface area contributed by atoms with Gasteiger partial charge in [0.05, 0.1) is 13.2 Å². The zero-order chi connectivity index (χ0) is 19.9. The summed E-state index contributed by atoms with van der Waals surface area (Å²) in [4.78, 5) is 14.0. The highest BCUT2D eigenvalue weighted by Crippen LogP contribution is 2.26. The number of morpholine rings is 1. The molecule has 1 saturated heterocycles. The van der Waals surface area contributed by atoms with E-state index in [2.05, 4.69) is 5.32 Å². The maximum absolute atomic E-state index is 14.5. The fourth-order valence-corrected chi connectivity index (χ4v) is 3.31. The third-order valence-electron chi connectivity index (χ3n) is 4.85. The van der Waals surface area contributed by atoms with E-state index in [0.717, 1.165) is 11.6 Å². The molecule has 2 N–H and O–H groups in total. The standard InChI is InChI=1S/C21H24F2N2O3/c22-18-6-7-19(24-21(27)25-8-10-28-11-9-25)17(20(18)23)13-16(14-26)12-15-4-2-1-3-5-15/h1-7,16,26H,8-14H2,(H,24,27). The third kappa shape index (κ3) is 5.05. The van der Waals surface area contributed by atoms with E-state index in [1.807, 2.05) is 30.3 Å². The fraction of sp³-hybridized carbons (Fsp3) is 0.381. The van der Waals surface area contributed by atoms with E-state index in [1.54, 1.807) is 4.90 Å². The molecule has 0 aromatic heterocycles. The van der Waals surface area contributed by atoms with E-state index in [4.69, 9.17) is 4.74 Å². The Hall–Kier alpha value is -2.51. The lowest BCUT2D eigenvalue weighted by molar-refractivity contribution is 0.0564. The zero-order valence-electron chi connectivity index (χ0n) is 15.5. The maximum atomic E-state index is 14.5. The van der Waals surface area contributed by atoms with Gasteiger partial charge in [0.2, 0.25) is 0 Å². The van der Waals surface area contributed by atoms with Crippen LogP contribution in [-0.2, 0) is 17.6 Å². The van der Waals surface area contributed by atoms with Crippen LogP contribution in [0, 0.1) is 17.6 Å². The van der Waals surface area contributed by atoms with Gasteiger partial charge in [0, 0.05) is 30.9 Å². The van der Waals surface area contributed by atoms with E-state index in [1.165, 1.54) is 6.07 Å². The van der Waals surface area contributed by atoms with Crippen LogP contribution in [-0.4, -0.2) is 48.9 Å². The van der Waals surface area contributed by atoms with Crippen molar-refractivity contribution in [3.63, 3.8) is 0 Å². The van der Waals surface area contributed by atoms with Crippen LogP contribution in [0.2, 0.25) is 0 Å². The third-order valence-corrected chi connectivity index (χ3v) is 4.85. The topological polar surface area (TPSA) is 61.8 Å². The number of carbonyl (C=O) groups is 1. The summed E-state index contributed by atoms with van der Waals surface area (Å²) in [5.74, 6) is -2.28. The molecule has 2 aromatic carbocycles. The van der Waals surface area contributed by atoms with Gasteiger partial charge >= 0.3 is 6.03 Å². The number of nitrogens with zero attached hydrogens (tertiary/aromatic N) is 1. The molecule has 0 spiro atoms. The van der Waals surface area contributed by atoms with Gasteiger partial charge in [-0.05, 0) is 36.5 Å². The molecule has 1 atom stereocenters. The lowest BCUT2D eigenvalue weighted by Crippen LogP contribution is -2.43. The number of hydrogen-bond acceptors (Lipinski definition) is 3. The first-order valence-corrected chi connectivity index (χ1v) is 9.33. The number of carbonyl (C=O) groups excluding carboxylic acids is 1. The molecule has 7 heteroatoms. The number of ether oxygens (including phenoxy) is 1. The van der Waals surface area contributed by atoms with Crippen LogP contribution in [0.4, 0.5) is 19.3 Å². The number of urea groups is 1. The molecule has 0 aliphatic carbocycles. The average molecular weight is 390 g/mol. The van der Waals surface area contributed by atoms with Crippen molar-refractivity contribution in [3.05, 3.63) is 65.2 Å². The van der Waals surface area contributed by atoms with Gasteiger partial charge in [-0.2, -0.15) is 0 Å². The molecule has 1 heterocycles. The van der Waals surface area contributed by atoms with Crippen molar-refractivity contribution in [2.75, 3.05) is 38.2 Å². The fourth-order valence-electron chi connectivity index (χ4n) is 3.31. The van der Waals surface area contributed by atoms with Gasteiger partial charge in [-0.3, -0.25) is 0 Å². The first-order chi connectivity index (χ1) is 13.6. The average Bonchev–Trinajstić information content (AvgIpc) is 2.73. The van der Waals surface area contributed by atoms with Gasteiger partial charge in [0.15, 0.2) is 11.6 Å². The van der Waals surface area contributed by atoms with Gasteiger partial charge in [-0.1, -0.05) is 30.3 Å². The second-order valence-electron chi connectivity index (χ2n) is 6.86. The van der Waals surface area contributed by atoms with Gasteiger partial charge in [-0.15, -0.1) is 0 Å². The molecule has 1 unspecified atom stereocenters. The van der Waals surface area contributed by atoms with Crippen LogP contribution < -0.4 is 5.32 Å². The van der Waals surface area contributed by atoms with E-state index in [9.17, 15) is 18.7 Å². The molecule has 0 radical (unpaired) electrons. The first-order valence-electron chi connectivity index (χ1n) is 9.33. The first kappa shape index (κ1) is 20.2. The van der Waals surface area contributed by atoms with E-state index in [-0.39, 0.29) is 36.2 Å². The van der Waals surface area contributed by atoms with E-state index < -0.39 is 11.6 Å². The Morgan fingerprint density at radius 1 is 1.11 bits per heavy atom. The lowest BCUT2D eigenvalue weighted by Gasteiger charge is -2.27. The van der Waals surface area contributed by atoms with Crippen LogP contribution in [0.1, 0.15) is 11.1 Å². The quantitative estimate of drug-likeness (QED) is 0.796. The van der Waals surface area contributed by atoms with Crippen LogP contribution in [0.25, 0.3) is 0 Å². The summed E-state index contributed by atoms with van der Waals surface area (Å²) >= 11 is 0. The molecule has 0 saturated carbocycles. The highest BCUT2D eigenvalue weighted by atomic mass is 19.2. The summed E-state index contributed by atoms with van der Waals surface area (Å²) < 4.78 is 33.6. The molecule has 1 aliphatic rings. The van der Waals surface area contributed by atoms with Crippen molar-refractivity contribution >= 4 is 11.7 Å². The van der Waals surface area contributed by atoms with Crippen molar-refractivity contribution in [1.82, 2.24) is 4.90 Å². The number of hydrogen-bond donors (Lipinski definition) is 2. The summed E-state index contributed by atoms with van der Waals surface area (Å²) in [7, 11) is 0. The summed E-state index contributed by atoms with van der Waals surface area (Å²) in [6.45, 7) is 1.60. The van der Waals surface area contributed by atoms with Crippen molar-refractivity contribution in [2.24, 2.45) is 5.92 Å². The molecular formula is C21H24F2N2O3. The minimum Gasteiger partial charge on any atom is -0.396 e.